The number of carbonyl (C=O) groups excluding carboxylic acids is 2. The van der Waals surface area contributed by atoms with E-state index in [0.717, 1.165) is 16.7 Å². The first-order valence-corrected chi connectivity index (χ1v) is 9.20. The van der Waals surface area contributed by atoms with Crippen LogP contribution in [-0.4, -0.2) is 17.1 Å². The van der Waals surface area contributed by atoms with Gasteiger partial charge in [0.2, 0.25) is 0 Å². The average molecular weight is 351 g/mol. The molecule has 128 valence electrons. The molecule has 0 N–H and O–H groups in total. The monoisotopic (exact) mass is 351 g/mol. The van der Waals surface area contributed by atoms with Crippen LogP contribution in [0.2, 0.25) is 0 Å². The molecule has 0 radical (unpaired) electrons. The zero-order valence-electron chi connectivity index (χ0n) is 14.9. The first-order valence-electron chi connectivity index (χ1n) is 8.32. The lowest BCUT2D eigenvalue weighted by molar-refractivity contribution is -0.119. The smallest absolute Gasteiger partial charge is 0.268 e. The standard InChI is InChI=1S/C21H21NO2S/c1-13(2)25-19-18(16-8-6-5-7-9-16)20(23)22(21(19)24)17-11-14(3)10-15(4)12-17/h5-13H,1-4H3. The second kappa shape index (κ2) is 6.89. The summed E-state index contributed by atoms with van der Waals surface area (Å²) in [6, 6.07) is 15.2. The molecule has 4 heteroatoms. The third kappa shape index (κ3) is 3.40. The van der Waals surface area contributed by atoms with Gasteiger partial charge in [-0.2, -0.15) is 0 Å². The van der Waals surface area contributed by atoms with Gasteiger partial charge < -0.3 is 0 Å². The normalized spacial score (nSPS) is 14.8. The number of nitrogens with zero attached hydrogens (tertiary/aromatic N) is 1. The van der Waals surface area contributed by atoms with Crippen LogP contribution >= 0.6 is 11.8 Å². The fourth-order valence-electron chi connectivity index (χ4n) is 3.03. The highest BCUT2D eigenvalue weighted by Gasteiger charge is 2.40. The fourth-order valence-corrected chi connectivity index (χ4v) is 4.01. The summed E-state index contributed by atoms with van der Waals surface area (Å²) >= 11 is 1.45. The number of benzene rings is 2. The van der Waals surface area contributed by atoms with Gasteiger partial charge in [-0.25, -0.2) is 4.90 Å². The van der Waals surface area contributed by atoms with Crippen molar-refractivity contribution in [1.29, 1.82) is 0 Å². The minimum atomic E-state index is -0.246. The summed E-state index contributed by atoms with van der Waals surface area (Å²) in [7, 11) is 0. The van der Waals surface area contributed by atoms with Crippen molar-refractivity contribution in [3.63, 3.8) is 0 Å². The van der Waals surface area contributed by atoms with Crippen molar-refractivity contribution in [1.82, 2.24) is 0 Å². The van der Waals surface area contributed by atoms with E-state index in [1.54, 1.807) is 0 Å². The van der Waals surface area contributed by atoms with E-state index in [-0.39, 0.29) is 17.1 Å². The van der Waals surface area contributed by atoms with E-state index in [1.165, 1.54) is 16.7 Å². The Morgan fingerprint density at radius 2 is 1.48 bits per heavy atom. The summed E-state index contributed by atoms with van der Waals surface area (Å²) in [6.45, 7) is 7.99. The topological polar surface area (TPSA) is 37.4 Å². The van der Waals surface area contributed by atoms with Crippen LogP contribution in [0.5, 0.6) is 0 Å². The van der Waals surface area contributed by atoms with Crippen molar-refractivity contribution in [2.75, 3.05) is 4.90 Å². The molecule has 0 bridgehead atoms. The predicted octanol–water partition coefficient (Wildman–Crippen LogP) is 4.73. The van der Waals surface area contributed by atoms with Gasteiger partial charge in [0, 0.05) is 5.25 Å². The highest BCUT2D eigenvalue weighted by molar-refractivity contribution is 8.04. The molecule has 2 aromatic rings. The lowest BCUT2D eigenvalue weighted by Gasteiger charge is -2.17. The molecule has 1 aliphatic rings. The Labute approximate surface area is 152 Å². The molecule has 0 unspecified atom stereocenters. The van der Waals surface area contributed by atoms with Crippen LogP contribution in [0.1, 0.15) is 30.5 Å². The second-order valence-electron chi connectivity index (χ2n) is 6.53. The van der Waals surface area contributed by atoms with E-state index >= 15 is 0 Å². The maximum Gasteiger partial charge on any atom is 0.272 e. The van der Waals surface area contributed by atoms with E-state index in [0.29, 0.717) is 16.2 Å². The fraction of sp³-hybridized carbons (Fsp3) is 0.238. The maximum absolute atomic E-state index is 13.2. The number of imide groups is 1. The van der Waals surface area contributed by atoms with Crippen LogP contribution in [0.25, 0.3) is 5.57 Å². The number of amides is 2. The Kier molecular flexibility index (Phi) is 4.82. The minimum Gasteiger partial charge on any atom is -0.268 e. The molecule has 0 saturated heterocycles. The van der Waals surface area contributed by atoms with Crippen molar-refractivity contribution in [3.8, 4) is 0 Å². The Hall–Kier alpha value is -2.33. The van der Waals surface area contributed by atoms with Crippen LogP contribution in [0.15, 0.2) is 53.4 Å². The zero-order valence-corrected chi connectivity index (χ0v) is 15.7. The molecule has 0 aromatic heterocycles. The van der Waals surface area contributed by atoms with E-state index in [2.05, 4.69) is 0 Å². The molecule has 3 rings (SSSR count). The molecule has 1 heterocycles. The van der Waals surface area contributed by atoms with E-state index < -0.39 is 0 Å². The van der Waals surface area contributed by atoms with Gasteiger partial charge in [0.25, 0.3) is 11.8 Å². The van der Waals surface area contributed by atoms with Crippen LogP contribution < -0.4 is 4.90 Å². The first kappa shape index (κ1) is 17.5. The SMILES string of the molecule is Cc1cc(C)cc(N2C(=O)C(SC(C)C)=C(c3ccccc3)C2=O)c1. The van der Waals surface area contributed by atoms with Crippen molar-refractivity contribution in [3.05, 3.63) is 70.1 Å². The van der Waals surface area contributed by atoms with Gasteiger partial charge in [0.1, 0.15) is 0 Å². The number of hydrogen-bond donors (Lipinski definition) is 0. The number of anilines is 1. The minimum absolute atomic E-state index is 0.213. The van der Waals surface area contributed by atoms with Crippen LogP contribution in [0.3, 0.4) is 0 Å². The molecule has 2 amide bonds. The van der Waals surface area contributed by atoms with E-state index in [1.807, 2.05) is 76.2 Å². The Balaban J connectivity index is 2.12. The molecule has 3 nitrogen and oxygen atoms in total. The molecule has 25 heavy (non-hydrogen) atoms. The van der Waals surface area contributed by atoms with Gasteiger partial charge in [-0.05, 0) is 42.7 Å². The Morgan fingerprint density at radius 3 is 2.04 bits per heavy atom. The second-order valence-corrected chi connectivity index (χ2v) is 8.12. The molecule has 2 aromatic carbocycles. The first-order chi connectivity index (χ1) is 11.9. The lowest BCUT2D eigenvalue weighted by atomic mass is 10.1. The molecule has 1 aliphatic heterocycles. The Morgan fingerprint density at radius 1 is 0.880 bits per heavy atom. The van der Waals surface area contributed by atoms with E-state index in [9.17, 15) is 9.59 Å². The van der Waals surface area contributed by atoms with Gasteiger partial charge in [0.15, 0.2) is 0 Å². The Bertz CT molecular complexity index is 848. The third-order valence-corrected chi connectivity index (χ3v) is 5.01. The van der Waals surface area contributed by atoms with Crippen molar-refractivity contribution < 1.29 is 9.59 Å². The lowest BCUT2D eigenvalue weighted by Crippen LogP contribution is -2.31. The number of aryl methyl sites for hydroxylation is 2. The molecule has 0 fully saturated rings. The number of hydrogen-bond acceptors (Lipinski definition) is 3. The zero-order chi connectivity index (χ0) is 18.1. The third-order valence-electron chi connectivity index (χ3n) is 3.92. The molecule has 0 aliphatic carbocycles. The number of thioether (sulfide) groups is 1. The molecule has 0 atom stereocenters. The summed E-state index contributed by atoms with van der Waals surface area (Å²) < 4.78 is 0. The highest BCUT2D eigenvalue weighted by Crippen LogP contribution is 2.40. The summed E-state index contributed by atoms with van der Waals surface area (Å²) in [6.07, 6.45) is 0. The van der Waals surface area contributed by atoms with Crippen molar-refractivity contribution >= 4 is 34.8 Å². The highest BCUT2D eigenvalue weighted by atomic mass is 32.2. The van der Waals surface area contributed by atoms with Crippen LogP contribution in [0, 0.1) is 13.8 Å². The van der Waals surface area contributed by atoms with Gasteiger partial charge in [-0.1, -0.05) is 50.2 Å². The van der Waals surface area contributed by atoms with E-state index in [4.69, 9.17) is 0 Å². The summed E-state index contributed by atoms with van der Waals surface area (Å²) in [5.41, 5.74) is 3.99. The summed E-state index contributed by atoms with van der Waals surface area (Å²) in [5.74, 6) is -0.475. The van der Waals surface area contributed by atoms with Gasteiger partial charge in [-0.15, -0.1) is 11.8 Å². The van der Waals surface area contributed by atoms with Gasteiger partial charge in [-0.3, -0.25) is 9.59 Å². The molecular weight excluding hydrogens is 330 g/mol. The van der Waals surface area contributed by atoms with Gasteiger partial charge >= 0.3 is 0 Å². The summed E-state index contributed by atoms with van der Waals surface area (Å²) in [4.78, 5) is 28.1. The molecule has 0 saturated carbocycles. The van der Waals surface area contributed by atoms with Crippen LogP contribution in [0.4, 0.5) is 5.69 Å². The predicted molar refractivity (Wildman–Crippen MR) is 104 cm³/mol. The van der Waals surface area contributed by atoms with Crippen LogP contribution in [-0.2, 0) is 9.59 Å². The number of carbonyl (C=O) groups is 2. The average Bonchev–Trinajstić information content (AvgIpc) is 2.77. The molecule has 0 spiro atoms. The summed E-state index contributed by atoms with van der Waals surface area (Å²) in [5, 5.41) is 0.213. The molecular formula is C21H21NO2S. The van der Waals surface area contributed by atoms with Gasteiger partial charge in [0.05, 0.1) is 16.2 Å². The quantitative estimate of drug-likeness (QED) is 0.747. The largest absolute Gasteiger partial charge is 0.272 e. The van der Waals surface area contributed by atoms with Crippen molar-refractivity contribution in [2.45, 2.75) is 32.9 Å². The van der Waals surface area contributed by atoms with Crippen molar-refractivity contribution in [2.24, 2.45) is 0 Å². The number of rotatable bonds is 4. The maximum atomic E-state index is 13.2.